The van der Waals surface area contributed by atoms with Crippen LogP contribution in [0.3, 0.4) is 0 Å². The zero-order valence-electron chi connectivity index (χ0n) is 10.2. The number of furan rings is 1. The summed E-state index contributed by atoms with van der Waals surface area (Å²) < 4.78 is 8.37. The van der Waals surface area contributed by atoms with Crippen molar-refractivity contribution in [3.63, 3.8) is 0 Å². The predicted molar refractivity (Wildman–Crippen MR) is 77.3 cm³/mol. The van der Waals surface area contributed by atoms with Gasteiger partial charge in [0, 0.05) is 10.7 Å². The van der Waals surface area contributed by atoms with Crippen LogP contribution in [0.1, 0.15) is 24.6 Å². The second kappa shape index (κ2) is 4.98. The molecular weight excluding hydrogens is 330 g/mol. The van der Waals surface area contributed by atoms with E-state index in [1.165, 1.54) is 0 Å². The van der Waals surface area contributed by atoms with Crippen molar-refractivity contribution in [1.29, 1.82) is 0 Å². The second-order valence-electron chi connectivity index (χ2n) is 4.22. The summed E-state index contributed by atoms with van der Waals surface area (Å²) in [5, 5.41) is 0. The monoisotopic (exact) mass is 339 g/mol. The molecule has 3 heterocycles. The topological polar surface area (TPSA) is 43.9 Å². The van der Waals surface area contributed by atoms with Gasteiger partial charge in [0.05, 0.1) is 18.2 Å². The number of imidazole rings is 1. The van der Waals surface area contributed by atoms with E-state index < -0.39 is 0 Å². The fourth-order valence-corrected chi connectivity index (χ4v) is 2.67. The van der Waals surface area contributed by atoms with Gasteiger partial charge >= 0.3 is 0 Å². The van der Waals surface area contributed by atoms with Crippen molar-refractivity contribution >= 4 is 38.7 Å². The van der Waals surface area contributed by atoms with Gasteiger partial charge in [0.15, 0.2) is 5.65 Å². The molecule has 0 spiro atoms. The Morgan fingerprint density at radius 3 is 3.05 bits per heavy atom. The molecule has 0 saturated carbocycles. The third kappa shape index (κ3) is 2.17. The van der Waals surface area contributed by atoms with E-state index in [-0.39, 0.29) is 6.04 Å². The molecule has 0 radical (unpaired) electrons. The van der Waals surface area contributed by atoms with Crippen LogP contribution in [0.2, 0.25) is 0 Å². The fraction of sp³-hybridized carbons (Fsp3) is 0.231. The van der Waals surface area contributed by atoms with Crippen LogP contribution in [0, 0.1) is 0 Å². The summed E-state index contributed by atoms with van der Waals surface area (Å²) in [7, 11) is 0. The zero-order chi connectivity index (χ0) is 13.4. The molecular formula is C13H11BrClN3O. The van der Waals surface area contributed by atoms with Gasteiger partial charge in [-0.2, -0.15) is 0 Å². The lowest BCUT2D eigenvalue weighted by atomic mass is 10.2. The van der Waals surface area contributed by atoms with Gasteiger partial charge in [-0.25, -0.2) is 9.97 Å². The molecule has 19 heavy (non-hydrogen) atoms. The number of hydrogen-bond donors (Lipinski definition) is 0. The molecule has 0 N–H and O–H groups in total. The average molecular weight is 341 g/mol. The van der Waals surface area contributed by atoms with Crippen LogP contribution in [0.15, 0.2) is 39.5 Å². The minimum absolute atomic E-state index is 0.00225. The van der Waals surface area contributed by atoms with Crippen LogP contribution < -0.4 is 0 Å². The van der Waals surface area contributed by atoms with Gasteiger partial charge < -0.3 is 8.98 Å². The van der Waals surface area contributed by atoms with Crippen LogP contribution in [-0.2, 0) is 5.88 Å². The standard InChI is InChI=1S/C13H11BrClN3O/c1-8(11-3-2-4-19-11)18-12(6-15)17-10-5-9(14)7-16-13(10)18/h2-5,7-8H,6H2,1H3. The highest BCUT2D eigenvalue weighted by Gasteiger charge is 2.19. The zero-order valence-corrected chi connectivity index (χ0v) is 12.5. The number of alkyl halides is 1. The lowest BCUT2D eigenvalue weighted by molar-refractivity contribution is 0.445. The molecule has 0 fully saturated rings. The van der Waals surface area contributed by atoms with Gasteiger partial charge in [-0.05, 0) is 41.1 Å². The van der Waals surface area contributed by atoms with Crippen molar-refractivity contribution < 1.29 is 4.42 Å². The van der Waals surface area contributed by atoms with E-state index in [1.54, 1.807) is 12.5 Å². The van der Waals surface area contributed by atoms with E-state index in [1.807, 2.05) is 29.7 Å². The van der Waals surface area contributed by atoms with Gasteiger partial charge in [-0.15, -0.1) is 11.6 Å². The molecule has 1 atom stereocenters. The first-order valence-electron chi connectivity index (χ1n) is 5.82. The summed E-state index contributed by atoms with van der Waals surface area (Å²) in [5.74, 6) is 1.97. The van der Waals surface area contributed by atoms with Gasteiger partial charge in [0.25, 0.3) is 0 Å². The molecule has 1 unspecified atom stereocenters. The first-order chi connectivity index (χ1) is 9.20. The van der Waals surface area contributed by atoms with Gasteiger partial charge in [-0.3, -0.25) is 0 Å². The van der Waals surface area contributed by atoms with Crippen molar-refractivity contribution in [2.75, 3.05) is 0 Å². The number of aromatic nitrogens is 3. The largest absolute Gasteiger partial charge is 0.467 e. The number of hydrogen-bond acceptors (Lipinski definition) is 3. The summed E-state index contributed by atoms with van der Waals surface area (Å²) in [6.07, 6.45) is 3.42. The Hall–Kier alpha value is -1.33. The van der Waals surface area contributed by atoms with E-state index in [0.717, 1.165) is 27.2 Å². The third-order valence-corrected chi connectivity index (χ3v) is 3.70. The summed E-state index contributed by atoms with van der Waals surface area (Å²) >= 11 is 9.40. The molecule has 0 saturated heterocycles. The second-order valence-corrected chi connectivity index (χ2v) is 5.40. The molecule has 98 valence electrons. The Bertz CT molecular complexity index is 708. The highest BCUT2D eigenvalue weighted by Crippen LogP contribution is 2.27. The van der Waals surface area contributed by atoms with Crippen LogP contribution >= 0.6 is 27.5 Å². The van der Waals surface area contributed by atoms with Crippen molar-refractivity contribution in [3.05, 3.63) is 46.7 Å². The molecule has 0 amide bonds. The molecule has 0 aliphatic rings. The van der Waals surface area contributed by atoms with Crippen LogP contribution in [0.4, 0.5) is 0 Å². The number of rotatable bonds is 3. The van der Waals surface area contributed by atoms with E-state index in [9.17, 15) is 0 Å². The van der Waals surface area contributed by atoms with Crippen molar-refractivity contribution in [2.24, 2.45) is 0 Å². The van der Waals surface area contributed by atoms with Crippen LogP contribution in [-0.4, -0.2) is 14.5 Å². The fourth-order valence-electron chi connectivity index (χ4n) is 2.16. The summed E-state index contributed by atoms with van der Waals surface area (Å²) in [4.78, 5) is 8.95. The van der Waals surface area contributed by atoms with E-state index in [0.29, 0.717) is 5.88 Å². The van der Waals surface area contributed by atoms with Gasteiger partial charge in [0.2, 0.25) is 0 Å². The normalized spacial score (nSPS) is 13.0. The molecule has 3 aromatic heterocycles. The molecule has 0 aromatic carbocycles. The minimum atomic E-state index is 0.00225. The predicted octanol–water partition coefficient (Wildman–Crippen LogP) is 4.13. The molecule has 0 aliphatic heterocycles. The Kier molecular flexibility index (Phi) is 3.33. The summed E-state index contributed by atoms with van der Waals surface area (Å²) in [6, 6.07) is 5.74. The molecule has 4 nitrogen and oxygen atoms in total. The van der Waals surface area contributed by atoms with E-state index >= 15 is 0 Å². The number of halogens is 2. The molecule has 0 bridgehead atoms. The Labute approximate surface area is 123 Å². The first kappa shape index (κ1) is 12.7. The number of pyridine rings is 1. The van der Waals surface area contributed by atoms with Crippen molar-refractivity contribution in [1.82, 2.24) is 14.5 Å². The molecule has 6 heteroatoms. The minimum Gasteiger partial charge on any atom is -0.467 e. The lowest BCUT2D eigenvalue weighted by Crippen LogP contribution is -2.09. The maximum absolute atomic E-state index is 6.00. The summed E-state index contributed by atoms with van der Waals surface area (Å²) in [6.45, 7) is 2.04. The quantitative estimate of drug-likeness (QED) is 0.673. The highest BCUT2D eigenvalue weighted by molar-refractivity contribution is 9.10. The highest BCUT2D eigenvalue weighted by atomic mass is 79.9. The number of fused-ring (bicyclic) bond motifs is 1. The Morgan fingerprint density at radius 2 is 2.37 bits per heavy atom. The molecule has 3 rings (SSSR count). The Balaban J connectivity index is 2.21. The first-order valence-corrected chi connectivity index (χ1v) is 7.15. The van der Waals surface area contributed by atoms with Gasteiger partial charge in [-0.1, -0.05) is 0 Å². The maximum atomic E-state index is 6.00. The average Bonchev–Trinajstić information content (AvgIpc) is 3.04. The summed E-state index contributed by atoms with van der Waals surface area (Å²) in [5.41, 5.74) is 1.63. The van der Waals surface area contributed by atoms with E-state index in [2.05, 4.69) is 25.9 Å². The number of nitrogens with zero attached hydrogens (tertiary/aromatic N) is 3. The SMILES string of the molecule is CC(c1ccco1)n1c(CCl)nc2cc(Br)cnc21. The third-order valence-electron chi connectivity index (χ3n) is 3.03. The molecule has 0 aliphatic carbocycles. The Morgan fingerprint density at radius 1 is 1.53 bits per heavy atom. The lowest BCUT2D eigenvalue weighted by Gasteiger charge is -2.13. The van der Waals surface area contributed by atoms with Crippen molar-refractivity contribution in [2.45, 2.75) is 18.8 Å². The molecule has 3 aromatic rings. The van der Waals surface area contributed by atoms with Crippen LogP contribution in [0.25, 0.3) is 11.2 Å². The van der Waals surface area contributed by atoms with Crippen molar-refractivity contribution in [3.8, 4) is 0 Å². The van der Waals surface area contributed by atoms with Gasteiger partial charge in [0.1, 0.15) is 17.1 Å². The smallest absolute Gasteiger partial charge is 0.160 e. The van der Waals surface area contributed by atoms with E-state index in [4.69, 9.17) is 16.0 Å². The van der Waals surface area contributed by atoms with Crippen LogP contribution in [0.5, 0.6) is 0 Å². The maximum Gasteiger partial charge on any atom is 0.160 e.